The first-order valence-corrected chi connectivity index (χ1v) is 6.88. The molecule has 0 aliphatic carbocycles. The Balaban J connectivity index is 2.28. The van der Waals surface area contributed by atoms with Gasteiger partial charge in [0.1, 0.15) is 5.75 Å². The minimum absolute atomic E-state index is 0.211. The Morgan fingerprint density at radius 1 is 1.30 bits per heavy atom. The number of carbonyl (C=O) groups excluding carboxylic acids is 1. The number of para-hydroxylation sites is 1. The Labute approximate surface area is 126 Å². The van der Waals surface area contributed by atoms with Crippen molar-refractivity contribution in [2.24, 2.45) is 5.73 Å². The van der Waals surface area contributed by atoms with Crippen LogP contribution in [0.3, 0.4) is 0 Å². The molecule has 0 spiro atoms. The predicted octanol–water partition coefficient (Wildman–Crippen LogP) is 3.17. The summed E-state index contributed by atoms with van der Waals surface area (Å²) in [5.74, 6) is 0.419. The smallest absolute Gasteiger partial charge is 0.256 e. The number of anilines is 1. The normalized spacial score (nSPS) is 10.2. The van der Waals surface area contributed by atoms with E-state index in [9.17, 15) is 4.79 Å². The van der Waals surface area contributed by atoms with E-state index < -0.39 is 0 Å². The average Bonchev–Trinajstić information content (AvgIpc) is 2.48. The summed E-state index contributed by atoms with van der Waals surface area (Å²) < 4.78 is 5.84. The number of rotatable bonds is 4. The lowest BCUT2D eigenvalue weighted by Gasteiger charge is -2.11. The summed E-state index contributed by atoms with van der Waals surface area (Å²) in [5, 5.41) is 2.87. The van der Waals surface area contributed by atoms with Gasteiger partial charge in [0, 0.05) is 16.7 Å². The Kier molecular flexibility index (Phi) is 4.76. The maximum Gasteiger partial charge on any atom is 0.256 e. The third kappa shape index (κ3) is 3.18. The minimum Gasteiger partial charge on any atom is -0.497 e. The summed E-state index contributed by atoms with van der Waals surface area (Å²) in [6, 6.07) is 12.7. The average molecular weight is 335 g/mol. The third-order valence-corrected chi connectivity index (χ3v) is 3.60. The van der Waals surface area contributed by atoms with Gasteiger partial charge in [-0.2, -0.15) is 0 Å². The first-order chi connectivity index (χ1) is 9.65. The van der Waals surface area contributed by atoms with E-state index in [1.807, 2.05) is 24.3 Å². The Morgan fingerprint density at radius 2 is 2.05 bits per heavy atom. The molecule has 0 unspecified atom stereocenters. The Hall–Kier alpha value is -1.85. The number of amides is 1. The summed E-state index contributed by atoms with van der Waals surface area (Å²) in [4.78, 5) is 12.3. The number of benzene rings is 2. The lowest BCUT2D eigenvalue weighted by molar-refractivity contribution is 0.102. The molecule has 0 radical (unpaired) electrons. The predicted molar refractivity (Wildman–Crippen MR) is 83.0 cm³/mol. The van der Waals surface area contributed by atoms with Gasteiger partial charge in [0.25, 0.3) is 5.91 Å². The molecule has 0 saturated heterocycles. The standard InChI is InChI=1S/C15H15BrN2O2/c1-20-11-6-7-13(16)12(8-11)15(19)18-14-5-3-2-4-10(14)9-17/h2-8H,9,17H2,1H3,(H,18,19). The van der Waals surface area contributed by atoms with Gasteiger partial charge in [-0.25, -0.2) is 0 Å². The second kappa shape index (κ2) is 6.54. The fraction of sp³-hybridized carbons (Fsp3) is 0.133. The van der Waals surface area contributed by atoms with Crippen LogP contribution in [-0.2, 0) is 6.54 Å². The van der Waals surface area contributed by atoms with Crippen LogP contribution in [0.2, 0.25) is 0 Å². The van der Waals surface area contributed by atoms with Crippen LogP contribution in [0.1, 0.15) is 15.9 Å². The number of hydrogen-bond donors (Lipinski definition) is 2. The number of hydrogen-bond acceptors (Lipinski definition) is 3. The fourth-order valence-corrected chi connectivity index (χ4v) is 2.24. The van der Waals surface area contributed by atoms with E-state index in [1.165, 1.54) is 0 Å². The topological polar surface area (TPSA) is 64.3 Å². The van der Waals surface area contributed by atoms with Crippen LogP contribution in [0.15, 0.2) is 46.9 Å². The van der Waals surface area contributed by atoms with E-state index in [0.29, 0.717) is 22.3 Å². The molecule has 20 heavy (non-hydrogen) atoms. The van der Waals surface area contributed by atoms with Crippen LogP contribution in [0.5, 0.6) is 5.75 Å². The van der Waals surface area contributed by atoms with Crippen LogP contribution in [0.25, 0.3) is 0 Å². The number of carbonyl (C=O) groups is 1. The van der Waals surface area contributed by atoms with Crippen molar-refractivity contribution in [3.05, 3.63) is 58.1 Å². The molecule has 2 rings (SSSR count). The number of methoxy groups -OCH3 is 1. The van der Waals surface area contributed by atoms with E-state index in [4.69, 9.17) is 10.5 Å². The summed E-state index contributed by atoms with van der Waals surface area (Å²) in [7, 11) is 1.56. The van der Waals surface area contributed by atoms with E-state index in [1.54, 1.807) is 25.3 Å². The first kappa shape index (κ1) is 14.6. The number of nitrogens with two attached hydrogens (primary N) is 1. The van der Waals surface area contributed by atoms with Gasteiger partial charge in [-0.05, 0) is 45.8 Å². The van der Waals surface area contributed by atoms with Crippen LogP contribution in [-0.4, -0.2) is 13.0 Å². The van der Waals surface area contributed by atoms with Crippen molar-refractivity contribution in [1.29, 1.82) is 0 Å². The Bertz CT molecular complexity index is 629. The molecule has 0 atom stereocenters. The van der Waals surface area contributed by atoms with Gasteiger partial charge in [0.05, 0.1) is 12.7 Å². The lowest BCUT2D eigenvalue weighted by Crippen LogP contribution is -2.15. The molecule has 5 heteroatoms. The molecule has 3 N–H and O–H groups in total. The molecule has 0 saturated carbocycles. The highest BCUT2D eigenvalue weighted by Crippen LogP contribution is 2.24. The van der Waals surface area contributed by atoms with Gasteiger partial charge in [-0.1, -0.05) is 18.2 Å². The molecular weight excluding hydrogens is 320 g/mol. The van der Waals surface area contributed by atoms with Crippen molar-refractivity contribution in [3.63, 3.8) is 0 Å². The summed E-state index contributed by atoms with van der Waals surface area (Å²) >= 11 is 3.37. The van der Waals surface area contributed by atoms with Crippen LogP contribution < -0.4 is 15.8 Å². The van der Waals surface area contributed by atoms with E-state index >= 15 is 0 Å². The molecule has 0 aliphatic heterocycles. The highest BCUT2D eigenvalue weighted by Gasteiger charge is 2.12. The zero-order valence-corrected chi connectivity index (χ0v) is 12.6. The minimum atomic E-state index is -0.211. The second-order valence-corrected chi connectivity index (χ2v) is 5.02. The molecule has 2 aromatic rings. The molecular formula is C15H15BrN2O2. The zero-order chi connectivity index (χ0) is 14.5. The first-order valence-electron chi connectivity index (χ1n) is 6.08. The monoisotopic (exact) mass is 334 g/mol. The van der Waals surface area contributed by atoms with Gasteiger partial charge >= 0.3 is 0 Å². The van der Waals surface area contributed by atoms with E-state index in [-0.39, 0.29) is 5.91 Å². The third-order valence-electron chi connectivity index (χ3n) is 2.90. The summed E-state index contributed by atoms with van der Waals surface area (Å²) in [5.41, 5.74) is 7.78. The van der Waals surface area contributed by atoms with Crippen LogP contribution >= 0.6 is 15.9 Å². The molecule has 104 valence electrons. The Morgan fingerprint density at radius 3 is 2.75 bits per heavy atom. The molecule has 0 bridgehead atoms. The number of nitrogens with one attached hydrogen (secondary N) is 1. The van der Waals surface area contributed by atoms with Crippen molar-refractivity contribution < 1.29 is 9.53 Å². The summed E-state index contributed by atoms with van der Waals surface area (Å²) in [6.45, 7) is 0.371. The highest BCUT2D eigenvalue weighted by molar-refractivity contribution is 9.10. The quantitative estimate of drug-likeness (QED) is 0.902. The maximum absolute atomic E-state index is 12.3. The van der Waals surface area contributed by atoms with Gasteiger partial charge in [0.15, 0.2) is 0 Å². The molecule has 4 nitrogen and oxygen atoms in total. The van der Waals surface area contributed by atoms with Crippen molar-refractivity contribution >= 4 is 27.5 Å². The lowest BCUT2D eigenvalue weighted by atomic mass is 10.1. The molecule has 1 amide bonds. The van der Waals surface area contributed by atoms with Gasteiger partial charge in [0.2, 0.25) is 0 Å². The number of halogens is 1. The van der Waals surface area contributed by atoms with Crippen molar-refractivity contribution in [3.8, 4) is 5.75 Å². The summed E-state index contributed by atoms with van der Waals surface area (Å²) in [6.07, 6.45) is 0. The largest absolute Gasteiger partial charge is 0.497 e. The fourth-order valence-electron chi connectivity index (χ4n) is 1.82. The van der Waals surface area contributed by atoms with Crippen LogP contribution in [0.4, 0.5) is 5.69 Å². The SMILES string of the molecule is COc1ccc(Br)c(C(=O)Nc2ccccc2CN)c1. The van der Waals surface area contributed by atoms with Gasteiger partial charge in [-0.15, -0.1) is 0 Å². The molecule has 2 aromatic carbocycles. The van der Waals surface area contributed by atoms with Crippen molar-refractivity contribution in [2.75, 3.05) is 12.4 Å². The van der Waals surface area contributed by atoms with Crippen molar-refractivity contribution in [1.82, 2.24) is 0 Å². The van der Waals surface area contributed by atoms with Crippen molar-refractivity contribution in [2.45, 2.75) is 6.54 Å². The van der Waals surface area contributed by atoms with Crippen LogP contribution in [0, 0.1) is 0 Å². The molecule has 0 aliphatic rings. The molecule has 0 fully saturated rings. The van der Waals surface area contributed by atoms with Gasteiger partial charge in [-0.3, -0.25) is 4.79 Å². The van der Waals surface area contributed by atoms with Gasteiger partial charge < -0.3 is 15.8 Å². The molecule has 0 heterocycles. The highest BCUT2D eigenvalue weighted by atomic mass is 79.9. The van der Waals surface area contributed by atoms with E-state index in [0.717, 1.165) is 11.3 Å². The van der Waals surface area contributed by atoms with E-state index in [2.05, 4.69) is 21.2 Å². The molecule has 0 aromatic heterocycles. The second-order valence-electron chi connectivity index (χ2n) is 4.16. The number of ether oxygens (including phenoxy) is 1. The zero-order valence-electron chi connectivity index (χ0n) is 11.0. The maximum atomic E-state index is 12.3.